The average molecular weight is 349 g/mol. The number of carbonyl (C=O) groups is 1. The van der Waals surface area contributed by atoms with Gasteiger partial charge in [0.1, 0.15) is 0 Å². The molecule has 0 unspecified atom stereocenters. The summed E-state index contributed by atoms with van der Waals surface area (Å²) in [5.74, 6) is -0.00526. The maximum absolute atomic E-state index is 12.4. The predicted octanol–water partition coefficient (Wildman–Crippen LogP) is 2.92. The Kier molecular flexibility index (Phi) is 5.07. The van der Waals surface area contributed by atoms with Crippen molar-refractivity contribution in [3.63, 3.8) is 0 Å². The average Bonchev–Trinajstić information content (AvgIpc) is 2.64. The van der Waals surface area contributed by atoms with Crippen LogP contribution in [-0.4, -0.2) is 29.0 Å². The third kappa shape index (κ3) is 3.77. The number of carbonyl (C=O) groups excluding carboxylic acids is 1. The molecule has 134 valence electrons. The van der Waals surface area contributed by atoms with E-state index >= 15 is 0 Å². The summed E-state index contributed by atoms with van der Waals surface area (Å²) in [5, 5.41) is 4.66. The van der Waals surface area contributed by atoms with Gasteiger partial charge in [-0.3, -0.25) is 9.59 Å². The Labute approximate surface area is 152 Å². The van der Waals surface area contributed by atoms with E-state index in [0.717, 1.165) is 16.6 Å². The predicted molar refractivity (Wildman–Crippen MR) is 105 cm³/mol. The monoisotopic (exact) mass is 349 g/mol. The lowest BCUT2D eigenvalue weighted by Gasteiger charge is -2.19. The number of rotatable bonds is 5. The Morgan fingerprint density at radius 2 is 1.92 bits per heavy atom. The number of nitrogens with zero attached hydrogens (tertiary/aromatic N) is 2. The van der Waals surface area contributed by atoms with Gasteiger partial charge in [0.05, 0.1) is 6.54 Å². The number of aryl methyl sites for hydroxylation is 2. The van der Waals surface area contributed by atoms with Crippen LogP contribution in [0, 0.1) is 6.92 Å². The Bertz CT molecular complexity index is 1010. The zero-order valence-electron chi connectivity index (χ0n) is 15.3. The molecule has 3 aromatic rings. The molecule has 5 heteroatoms. The first-order chi connectivity index (χ1) is 12.5. The van der Waals surface area contributed by atoms with Crippen molar-refractivity contribution >= 4 is 22.4 Å². The number of pyridine rings is 1. The van der Waals surface area contributed by atoms with Gasteiger partial charge in [0.25, 0.3) is 5.56 Å². The van der Waals surface area contributed by atoms with E-state index in [2.05, 4.69) is 5.32 Å². The minimum Gasteiger partial charge on any atom is -0.376 e. The largest absolute Gasteiger partial charge is 0.376 e. The second-order valence-electron chi connectivity index (χ2n) is 6.56. The van der Waals surface area contributed by atoms with Crippen molar-refractivity contribution < 1.29 is 4.79 Å². The van der Waals surface area contributed by atoms with Gasteiger partial charge in [-0.25, -0.2) is 0 Å². The van der Waals surface area contributed by atoms with E-state index in [4.69, 9.17) is 0 Å². The molecular formula is C21H23N3O2. The second kappa shape index (κ2) is 7.44. The summed E-state index contributed by atoms with van der Waals surface area (Å²) in [6.45, 7) is 2.80. The third-order valence-electron chi connectivity index (χ3n) is 4.62. The Morgan fingerprint density at radius 1 is 1.15 bits per heavy atom. The minimum absolute atomic E-state index is 0.00526. The molecule has 5 nitrogen and oxygen atoms in total. The van der Waals surface area contributed by atoms with Crippen molar-refractivity contribution in [1.29, 1.82) is 0 Å². The van der Waals surface area contributed by atoms with Gasteiger partial charge in [0.2, 0.25) is 5.91 Å². The first-order valence-corrected chi connectivity index (χ1v) is 8.57. The molecule has 0 aliphatic rings. The molecule has 0 saturated heterocycles. The molecule has 0 atom stereocenters. The van der Waals surface area contributed by atoms with E-state index in [1.807, 2.05) is 49.4 Å². The van der Waals surface area contributed by atoms with E-state index in [0.29, 0.717) is 11.9 Å². The molecule has 0 saturated carbocycles. The molecule has 1 heterocycles. The van der Waals surface area contributed by atoms with Gasteiger partial charge < -0.3 is 14.8 Å². The van der Waals surface area contributed by atoms with Crippen molar-refractivity contribution in [2.24, 2.45) is 7.05 Å². The third-order valence-corrected chi connectivity index (χ3v) is 4.62. The smallest absolute Gasteiger partial charge is 0.258 e. The van der Waals surface area contributed by atoms with Crippen LogP contribution in [0.3, 0.4) is 0 Å². The second-order valence-corrected chi connectivity index (χ2v) is 6.56. The molecule has 0 aliphatic carbocycles. The molecule has 0 bridgehead atoms. The first kappa shape index (κ1) is 17.7. The van der Waals surface area contributed by atoms with E-state index in [9.17, 15) is 9.59 Å². The van der Waals surface area contributed by atoms with Crippen molar-refractivity contribution in [3.8, 4) is 0 Å². The fourth-order valence-corrected chi connectivity index (χ4v) is 2.89. The number of fused-ring (bicyclic) bond motifs is 1. The fraction of sp³-hybridized carbons (Fsp3) is 0.238. The Balaban J connectivity index is 1.67. The normalized spacial score (nSPS) is 10.7. The van der Waals surface area contributed by atoms with Crippen LogP contribution in [0.5, 0.6) is 0 Å². The number of nitrogens with one attached hydrogen (secondary N) is 1. The number of benzene rings is 2. The summed E-state index contributed by atoms with van der Waals surface area (Å²) in [4.78, 5) is 26.3. The molecule has 0 aliphatic heterocycles. The molecule has 1 amide bonds. The van der Waals surface area contributed by atoms with Crippen molar-refractivity contribution in [1.82, 2.24) is 9.47 Å². The van der Waals surface area contributed by atoms with E-state index in [-0.39, 0.29) is 18.0 Å². The summed E-state index contributed by atoms with van der Waals surface area (Å²) in [6.07, 6.45) is 1.75. The van der Waals surface area contributed by atoms with Crippen molar-refractivity contribution in [3.05, 3.63) is 76.2 Å². The summed E-state index contributed by atoms with van der Waals surface area (Å²) >= 11 is 0. The number of amides is 1. The fourth-order valence-electron chi connectivity index (χ4n) is 2.89. The summed E-state index contributed by atoms with van der Waals surface area (Å²) in [6, 6.07) is 15.5. The molecule has 1 N–H and O–H groups in total. The molecule has 2 aromatic carbocycles. The zero-order chi connectivity index (χ0) is 18.7. The molecule has 0 fully saturated rings. The summed E-state index contributed by atoms with van der Waals surface area (Å²) in [5.41, 5.74) is 3.02. The van der Waals surface area contributed by atoms with Crippen LogP contribution >= 0.6 is 0 Å². The van der Waals surface area contributed by atoms with Gasteiger partial charge in [0.15, 0.2) is 0 Å². The highest BCUT2D eigenvalue weighted by Crippen LogP contribution is 2.16. The lowest BCUT2D eigenvalue weighted by Crippen LogP contribution is -2.32. The number of hydrogen-bond acceptors (Lipinski definition) is 3. The van der Waals surface area contributed by atoms with Crippen LogP contribution in [-0.2, 0) is 18.4 Å². The van der Waals surface area contributed by atoms with Crippen LogP contribution in [0.2, 0.25) is 0 Å². The molecule has 0 spiro atoms. The summed E-state index contributed by atoms with van der Waals surface area (Å²) < 4.78 is 1.55. The lowest BCUT2D eigenvalue weighted by atomic mass is 10.1. The number of hydrogen-bond donors (Lipinski definition) is 1. The Hall–Kier alpha value is -3.08. The van der Waals surface area contributed by atoms with E-state index in [1.165, 1.54) is 5.56 Å². The Morgan fingerprint density at radius 3 is 2.69 bits per heavy atom. The van der Waals surface area contributed by atoms with Crippen LogP contribution in [0.25, 0.3) is 10.8 Å². The molecular weight excluding hydrogens is 326 g/mol. The van der Waals surface area contributed by atoms with E-state index in [1.54, 1.807) is 35.8 Å². The van der Waals surface area contributed by atoms with Crippen molar-refractivity contribution in [2.75, 3.05) is 18.9 Å². The standard InChI is InChI=1S/C21H23N3O2/c1-15-6-4-5-7-17(15)14-24(3)20(25)13-22-18-9-8-16-10-11-23(2)21(26)19(16)12-18/h4-12,22H,13-14H2,1-3H3. The highest BCUT2D eigenvalue weighted by Gasteiger charge is 2.10. The lowest BCUT2D eigenvalue weighted by molar-refractivity contribution is -0.128. The van der Waals surface area contributed by atoms with Crippen LogP contribution < -0.4 is 10.9 Å². The number of anilines is 1. The van der Waals surface area contributed by atoms with Gasteiger partial charge in [-0.2, -0.15) is 0 Å². The highest BCUT2D eigenvalue weighted by atomic mass is 16.2. The number of likely N-dealkylation sites (N-methyl/N-ethyl adjacent to an activating group) is 1. The zero-order valence-corrected chi connectivity index (χ0v) is 15.3. The van der Waals surface area contributed by atoms with Crippen LogP contribution in [0.4, 0.5) is 5.69 Å². The quantitative estimate of drug-likeness (QED) is 0.771. The highest BCUT2D eigenvalue weighted by molar-refractivity contribution is 5.86. The topological polar surface area (TPSA) is 54.3 Å². The van der Waals surface area contributed by atoms with E-state index < -0.39 is 0 Å². The van der Waals surface area contributed by atoms with Gasteiger partial charge in [-0.1, -0.05) is 30.3 Å². The van der Waals surface area contributed by atoms with Crippen molar-refractivity contribution in [2.45, 2.75) is 13.5 Å². The maximum atomic E-state index is 12.4. The van der Waals surface area contributed by atoms with Crippen LogP contribution in [0.15, 0.2) is 59.5 Å². The van der Waals surface area contributed by atoms with Crippen LogP contribution in [0.1, 0.15) is 11.1 Å². The van der Waals surface area contributed by atoms with Gasteiger partial charge in [-0.05, 0) is 41.6 Å². The summed E-state index contributed by atoms with van der Waals surface area (Å²) in [7, 11) is 3.53. The molecule has 1 aromatic heterocycles. The SMILES string of the molecule is Cc1ccccc1CN(C)C(=O)CNc1ccc2ccn(C)c(=O)c2c1. The van der Waals surface area contributed by atoms with Gasteiger partial charge in [0, 0.05) is 37.9 Å². The minimum atomic E-state index is -0.0471. The van der Waals surface area contributed by atoms with Gasteiger partial charge >= 0.3 is 0 Å². The first-order valence-electron chi connectivity index (χ1n) is 8.57. The number of aromatic nitrogens is 1. The maximum Gasteiger partial charge on any atom is 0.258 e. The molecule has 3 rings (SSSR count). The molecule has 0 radical (unpaired) electrons. The molecule has 26 heavy (non-hydrogen) atoms. The van der Waals surface area contributed by atoms with Gasteiger partial charge in [-0.15, -0.1) is 0 Å².